The van der Waals surface area contributed by atoms with Crippen LogP contribution in [0.15, 0.2) is 40.3 Å². The van der Waals surface area contributed by atoms with Gasteiger partial charge in [-0.15, -0.1) is 18.3 Å². The highest BCUT2D eigenvalue weighted by molar-refractivity contribution is 5.85. The average Bonchev–Trinajstić information content (AvgIpc) is 3.23. The van der Waals surface area contributed by atoms with Gasteiger partial charge in [-0.1, -0.05) is 12.0 Å². The molecule has 1 aliphatic rings. The van der Waals surface area contributed by atoms with Crippen LogP contribution in [0, 0.1) is 11.8 Å². The van der Waals surface area contributed by atoms with Gasteiger partial charge >= 0.3 is 5.69 Å². The quantitative estimate of drug-likeness (QED) is 0.424. The highest BCUT2D eigenvalue weighted by atomic mass is 35.5. The largest absolute Gasteiger partial charge is 0.341 e. The van der Waals surface area contributed by atoms with E-state index in [-0.39, 0.29) is 30.6 Å². The average molecular weight is 495 g/mol. The number of aromatic nitrogens is 6. The third kappa shape index (κ3) is 4.40. The van der Waals surface area contributed by atoms with E-state index in [2.05, 4.69) is 26.7 Å². The maximum atomic E-state index is 13.7. The van der Waals surface area contributed by atoms with E-state index in [4.69, 9.17) is 10.7 Å². The minimum absolute atomic E-state index is 0. The lowest BCUT2D eigenvalue weighted by atomic mass is 10.1. The first-order valence-corrected chi connectivity index (χ1v) is 11.3. The van der Waals surface area contributed by atoms with E-state index >= 15 is 0 Å². The molecule has 1 saturated heterocycles. The van der Waals surface area contributed by atoms with Gasteiger partial charge in [0.15, 0.2) is 11.2 Å². The summed E-state index contributed by atoms with van der Waals surface area (Å²) < 4.78 is 4.50. The van der Waals surface area contributed by atoms with Crippen molar-refractivity contribution in [1.29, 1.82) is 0 Å². The molecule has 11 heteroatoms. The number of anilines is 1. The second kappa shape index (κ2) is 9.90. The lowest BCUT2D eigenvalue weighted by Crippen LogP contribution is -2.44. The number of rotatable bonds is 4. The Hall–Kier alpha value is -3.68. The Morgan fingerprint density at radius 2 is 2.06 bits per heavy atom. The van der Waals surface area contributed by atoms with E-state index in [0.717, 1.165) is 35.9 Å². The number of aryl methyl sites for hydroxylation is 1. The summed E-state index contributed by atoms with van der Waals surface area (Å²) >= 11 is 0. The van der Waals surface area contributed by atoms with Crippen molar-refractivity contribution < 1.29 is 0 Å². The molecule has 0 aliphatic carbocycles. The molecule has 1 fully saturated rings. The molecule has 1 atom stereocenters. The molecule has 182 valence electrons. The second-order valence-corrected chi connectivity index (χ2v) is 8.59. The van der Waals surface area contributed by atoms with E-state index in [1.165, 1.54) is 15.5 Å². The summed E-state index contributed by atoms with van der Waals surface area (Å²) in [5.74, 6) is 6.57. The Labute approximate surface area is 207 Å². The van der Waals surface area contributed by atoms with Gasteiger partial charge in [0.05, 0.1) is 18.6 Å². The van der Waals surface area contributed by atoms with Crippen molar-refractivity contribution in [2.24, 2.45) is 12.8 Å². The van der Waals surface area contributed by atoms with Crippen LogP contribution in [0.4, 0.5) is 5.95 Å². The molecule has 35 heavy (non-hydrogen) atoms. The highest BCUT2D eigenvalue weighted by Gasteiger charge is 2.26. The van der Waals surface area contributed by atoms with Crippen LogP contribution in [0.3, 0.4) is 0 Å². The maximum Gasteiger partial charge on any atom is 0.332 e. The molecule has 0 saturated carbocycles. The summed E-state index contributed by atoms with van der Waals surface area (Å²) in [6.07, 6.45) is 5.10. The Balaban J connectivity index is 0.00000289. The molecule has 1 aromatic carbocycles. The zero-order chi connectivity index (χ0) is 23.8. The second-order valence-electron chi connectivity index (χ2n) is 8.59. The number of fused-ring (bicyclic) bond motifs is 2. The van der Waals surface area contributed by atoms with Crippen molar-refractivity contribution in [2.45, 2.75) is 38.9 Å². The molecule has 0 radical (unpaired) electrons. The summed E-state index contributed by atoms with van der Waals surface area (Å²) in [4.78, 5) is 42.0. The normalized spacial score (nSPS) is 15.6. The van der Waals surface area contributed by atoms with Crippen molar-refractivity contribution >= 4 is 40.4 Å². The van der Waals surface area contributed by atoms with E-state index in [1.54, 1.807) is 20.2 Å². The standard InChI is InChI=1S/C24H26N8O2.ClH/c1-3-4-10-31-20-21(28-23(31)30-9-5-6-18(25)14-30)29(2)24(34)32(22(20)33)13-16-7-8-19-17(11-16)12-26-15-27-19;/h7-8,11-12,15,18H,5-6,9-10,13-14,25H2,1-2H3;1H/t18-;/m1./s1. The number of piperidine rings is 1. The minimum Gasteiger partial charge on any atom is -0.341 e. The Kier molecular flexibility index (Phi) is 6.91. The number of imidazole rings is 1. The third-order valence-corrected chi connectivity index (χ3v) is 6.28. The van der Waals surface area contributed by atoms with Crippen LogP contribution in [-0.2, 0) is 20.1 Å². The zero-order valence-electron chi connectivity index (χ0n) is 19.6. The van der Waals surface area contributed by atoms with Crippen LogP contribution >= 0.6 is 12.4 Å². The Morgan fingerprint density at radius 1 is 1.23 bits per heavy atom. The molecular formula is C24H27ClN8O2. The predicted octanol–water partition coefficient (Wildman–Crippen LogP) is 1.26. The van der Waals surface area contributed by atoms with E-state index in [1.807, 2.05) is 22.8 Å². The fourth-order valence-electron chi connectivity index (χ4n) is 4.56. The van der Waals surface area contributed by atoms with Gasteiger partial charge in [0.25, 0.3) is 5.56 Å². The van der Waals surface area contributed by atoms with Crippen LogP contribution in [0.5, 0.6) is 0 Å². The number of nitrogens with two attached hydrogens (primary N) is 1. The molecule has 4 heterocycles. The Morgan fingerprint density at radius 3 is 2.83 bits per heavy atom. The smallest absolute Gasteiger partial charge is 0.332 e. The van der Waals surface area contributed by atoms with Crippen LogP contribution in [0.1, 0.15) is 25.3 Å². The molecule has 0 bridgehead atoms. The van der Waals surface area contributed by atoms with Gasteiger partial charge < -0.3 is 10.6 Å². The molecule has 0 spiro atoms. The number of halogens is 1. The monoisotopic (exact) mass is 494 g/mol. The van der Waals surface area contributed by atoms with Crippen molar-refractivity contribution in [3.63, 3.8) is 0 Å². The van der Waals surface area contributed by atoms with Crippen LogP contribution in [0.25, 0.3) is 22.1 Å². The lowest BCUT2D eigenvalue weighted by Gasteiger charge is -2.31. The summed E-state index contributed by atoms with van der Waals surface area (Å²) in [5, 5.41) is 0.845. The van der Waals surface area contributed by atoms with Gasteiger partial charge in [0, 0.05) is 37.8 Å². The summed E-state index contributed by atoms with van der Waals surface area (Å²) in [6.45, 7) is 3.62. The van der Waals surface area contributed by atoms with Crippen LogP contribution < -0.4 is 21.9 Å². The lowest BCUT2D eigenvalue weighted by molar-refractivity contribution is 0.496. The molecule has 10 nitrogen and oxygen atoms in total. The number of benzene rings is 1. The number of hydrogen-bond acceptors (Lipinski definition) is 7. The van der Waals surface area contributed by atoms with Crippen LogP contribution in [0.2, 0.25) is 0 Å². The fraction of sp³-hybridized carbons (Fsp3) is 0.375. The van der Waals surface area contributed by atoms with Gasteiger partial charge in [0.2, 0.25) is 5.95 Å². The number of hydrogen-bond donors (Lipinski definition) is 1. The first-order valence-electron chi connectivity index (χ1n) is 11.3. The molecule has 0 unspecified atom stereocenters. The fourth-order valence-corrected chi connectivity index (χ4v) is 4.56. The van der Waals surface area contributed by atoms with Gasteiger partial charge in [-0.3, -0.25) is 18.5 Å². The summed E-state index contributed by atoms with van der Waals surface area (Å²) in [7, 11) is 1.64. The molecular weight excluding hydrogens is 468 g/mol. The van der Waals surface area contributed by atoms with Crippen molar-refractivity contribution in [1.82, 2.24) is 28.7 Å². The summed E-state index contributed by atoms with van der Waals surface area (Å²) in [5.41, 5.74) is 7.72. The first kappa shape index (κ1) is 24.4. The summed E-state index contributed by atoms with van der Waals surface area (Å²) in [6, 6.07) is 5.66. The first-order chi connectivity index (χ1) is 16.5. The maximum absolute atomic E-state index is 13.7. The molecule has 3 aromatic heterocycles. The van der Waals surface area contributed by atoms with E-state index < -0.39 is 5.69 Å². The zero-order valence-corrected chi connectivity index (χ0v) is 20.5. The van der Waals surface area contributed by atoms with Crippen molar-refractivity contribution in [3.8, 4) is 11.8 Å². The third-order valence-electron chi connectivity index (χ3n) is 6.28. The molecule has 0 amide bonds. The van der Waals surface area contributed by atoms with Gasteiger partial charge in [-0.05, 0) is 37.5 Å². The molecule has 4 aromatic rings. The van der Waals surface area contributed by atoms with Gasteiger partial charge in [-0.25, -0.2) is 14.8 Å². The van der Waals surface area contributed by atoms with Gasteiger partial charge in [0.1, 0.15) is 6.33 Å². The Bertz CT molecular complexity index is 1580. The molecule has 2 N–H and O–H groups in total. The SMILES string of the molecule is CC#CCn1c(N2CCC[C@@H](N)C2)nc2c1c(=O)n(Cc1ccc3ncncc3c1)c(=O)n2C.Cl. The minimum atomic E-state index is -0.421. The van der Waals surface area contributed by atoms with E-state index in [9.17, 15) is 9.59 Å². The van der Waals surface area contributed by atoms with E-state index in [0.29, 0.717) is 30.2 Å². The predicted molar refractivity (Wildman–Crippen MR) is 138 cm³/mol. The number of nitrogens with zero attached hydrogens (tertiary/aromatic N) is 7. The molecule has 5 rings (SSSR count). The molecule has 1 aliphatic heterocycles. The van der Waals surface area contributed by atoms with Crippen molar-refractivity contribution in [3.05, 3.63) is 57.1 Å². The highest BCUT2D eigenvalue weighted by Crippen LogP contribution is 2.23. The van der Waals surface area contributed by atoms with Crippen LogP contribution in [-0.4, -0.2) is 47.8 Å². The van der Waals surface area contributed by atoms with Gasteiger partial charge in [-0.2, -0.15) is 4.98 Å². The topological polar surface area (TPSA) is 117 Å². The van der Waals surface area contributed by atoms with Crippen molar-refractivity contribution in [2.75, 3.05) is 18.0 Å².